The van der Waals surface area contributed by atoms with Gasteiger partial charge in [0.15, 0.2) is 0 Å². The number of hydrogen-bond acceptors (Lipinski definition) is 2. The van der Waals surface area contributed by atoms with Crippen LogP contribution < -0.4 is 4.74 Å². The molecule has 0 atom stereocenters. The Balaban J connectivity index is 2.02. The van der Waals surface area contributed by atoms with Crippen molar-refractivity contribution in [1.29, 1.82) is 0 Å². The predicted molar refractivity (Wildman–Crippen MR) is 54.5 cm³/mol. The summed E-state index contributed by atoms with van der Waals surface area (Å²) in [6.07, 6.45) is 3.13. The summed E-state index contributed by atoms with van der Waals surface area (Å²) in [6.45, 7) is 0.345. The van der Waals surface area contributed by atoms with Crippen molar-refractivity contribution in [2.45, 2.75) is 6.61 Å². The van der Waals surface area contributed by atoms with E-state index < -0.39 is 5.82 Å². The van der Waals surface area contributed by atoms with Gasteiger partial charge in [0.05, 0.1) is 17.5 Å². The fourth-order valence-electron chi connectivity index (χ4n) is 1.11. The van der Waals surface area contributed by atoms with E-state index in [-0.39, 0.29) is 5.02 Å². The number of halogens is 2. The molecule has 15 heavy (non-hydrogen) atoms. The molecular weight excluding hydrogens is 219 g/mol. The maximum absolute atomic E-state index is 13.0. The molecule has 0 aliphatic rings. The maximum atomic E-state index is 13.0. The lowest BCUT2D eigenvalue weighted by atomic mass is 10.3. The number of hydrogen-bond donors (Lipinski definition) is 0. The van der Waals surface area contributed by atoms with Crippen LogP contribution in [-0.2, 0) is 6.61 Å². The van der Waals surface area contributed by atoms with E-state index in [0.29, 0.717) is 12.4 Å². The van der Waals surface area contributed by atoms with E-state index in [1.54, 1.807) is 24.7 Å². The normalized spacial score (nSPS) is 10.3. The molecule has 0 radical (unpaired) electrons. The lowest BCUT2D eigenvalue weighted by Crippen LogP contribution is -1.94. The number of rotatable bonds is 3. The first-order valence-corrected chi connectivity index (χ1v) is 4.72. The Hall–Kier alpha value is -1.48. The van der Waals surface area contributed by atoms with E-state index in [1.807, 2.05) is 0 Å². The van der Waals surface area contributed by atoms with Crippen molar-refractivity contribution >= 4 is 11.6 Å². The molecule has 78 valence electrons. The van der Waals surface area contributed by atoms with Crippen LogP contribution in [0.5, 0.6) is 5.75 Å². The molecule has 1 aromatic heterocycles. The van der Waals surface area contributed by atoms with Gasteiger partial charge in [-0.1, -0.05) is 11.6 Å². The van der Waals surface area contributed by atoms with Gasteiger partial charge in [0.1, 0.15) is 18.2 Å². The molecule has 0 aliphatic carbocycles. The Morgan fingerprint density at radius 3 is 2.87 bits per heavy atom. The van der Waals surface area contributed by atoms with Crippen LogP contribution in [0.3, 0.4) is 0 Å². The first kappa shape index (κ1) is 10.1. The monoisotopic (exact) mass is 226 g/mol. The van der Waals surface area contributed by atoms with Gasteiger partial charge in [0, 0.05) is 11.6 Å². The lowest BCUT2D eigenvalue weighted by molar-refractivity contribution is 0.303. The Morgan fingerprint density at radius 1 is 1.33 bits per heavy atom. The largest absolute Gasteiger partial charge is 0.489 e. The number of ether oxygens (including phenoxy) is 1. The Morgan fingerprint density at radius 2 is 2.20 bits per heavy atom. The standard InChI is InChI=1S/C11H8ClFO2/c12-10-2-1-9(5-11(10)13)15-7-8-3-4-14-6-8/h1-6H,7H2. The van der Waals surface area contributed by atoms with Gasteiger partial charge < -0.3 is 9.15 Å². The minimum Gasteiger partial charge on any atom is -0.489 e. The van der Waals surface area contributed by atoms with Gasteiger partial charge in [-0.25, -0.2) is 4.39 Å². The average Bonchev–Trinajstić information content (AvgIpc) is 2.73. The third-order valence-electron chi connectivity index (χ3n) is 1.88. The Labute approximate surface area is 91.2 Å². The van der Waals surface area contributed by atoms with Crippen LogP contribution in [0.15, 0.2) is 41.2 Å². The van der Waals surface area contributed by atoms with Gasteiger partial charge >= 0.3 is 0 Å². The Bertz CT molecular complexity index is 440. The topological polar surface area (TPSA) is 22.4 Å². The molecule has 1 heterocycles. The third kappa shape index (κ3) is 2.50. The quantitative estimate of drug-likeness (QED) is 0.797. The molecule has 0 N–H and O–H groups in total. The molecule has 2 rings (SSSR count). The SMILES string of the molecule is Fc1cc(OCc2ccoc2)ccc1Cl. The number of furan rings is 1. The van der Waals surface area contributed by atoms with E-state index in [9.17, 15) is 4.39 Å². The molecule has 0 fully saturated rings. The summed E-state index contributed by atoms with van der Waals surface area (Å²) in [5.41, 5.74) is 0.894. The Kier molecular flexibility index (Phi) is 2.92. The summed E-state index contributed by atoms with van der Waals surface area (Å²) in [6, 6.07) is 6.11. The van der Waals surface area contributed by atoms with Crippen molar-refractivity contribution < 1.29 is 13.5 Å². The van der Waals surface area contributed by atoms with Gasteiger partial charge in [-0.2, -0.15) is 0 Å². The van der Waals surface area contributed by atoms with Crippen LogP contribution in [0.25, 0.3) is 0 Å². The van der Waals surface area contributed by atoms with Gasteiger partial charge in [-0.05, 0) is 18.2 Å². The summed E-state index contributed by atoms with van der Waals surface area (Å²) >= 11 is 5.53. The third-order valence-corrected chi connectivity index (χ3v) is 2.18. The minimum atomic E-state index is -0.485. The van der Waals surface area contributed by atoms with Crippen LogP contribution in [0.1, 0.15) is 5.56 Å². The fraction of sp³-hybridized carbons (Fsp3) is 0.0909. The van der Waals surface area contributed by atoms with Crippen molar-refractivity contribution in [1.82, 2.24) is 0 Å². The van der Waals surface area contributed by atoms with E-state index in [1.165, 1.54) is 12.1 Å². The van der Waals surface area contributed by atoms with Crippen LogP contribution in [-0.4, -0.2) is 0 Å². The van der Waals surface area contributed by atoms with Crippen molar-refractivity contribution in [2.24, 2.45) is 0 Å². The van der Waals surface area contributed by atoms with E-state index in [2.05, 4.69) is 0 Å². The van der Waals surface area contributed by atoms with Crippen molar-refractivity contribution in [2.75, 3.05) is 0 Å². The maximum Gasteiger partial charge on any atom is 0.145 e. The second kappa shape index (κ2) is 4.36. The van der Waals surface area contributed by atoms with Gasteiger partial charge in [0.25, 0.3) is 0 Å². The van der Waals surface area contributed by atoms with E-state index >= 15 is 0 Å². The molecule has 0 amide bonds. The molecule has 0 saturated carbocycles. The number of benzene rings is 1. The summed E-state index contributed by atoms with van der Waals surface area (Å²) < 4.78 is 23.2. The van der Waals surface area contributed by atoms with Crippen LogP contribution in [0.2, 0.25) is 5.02 Å². The highest BCUT2D eigenvalue weighted by molar-refractivity contribution is 6.30. The molecule has 2 nitrogen and oxygen atoms in total. The van der Waals surface area contributed by atoms with Gasteiger partial charge in [-0.15, -0.1) is 0 Å². The minimum absolute atomic E-state index is 0.0886. The summed E-state index contributed by atoms with van der Waals surface area (Å²) in [5.74, 6) is -0.0422. The zero-order valence-electron chi connectivity index (χ0n) is 7.74. The summed E-state index contributed by atoms with van der Waals surface area (Å²) in [7, 11) is 0. The van der Waals surface area contributed by atoms with Crippen molar-refractivity contribution in [3.8, 4) is 5.75 Å². The molecule has 4 heteroatoms. The molecule has 0 aliphatic heterocycles. The highest BCUT2D eigenvalue weighted by Gasteiger charge is 2.02. The molecule has 1 aromatic carbocycles. The highest BCUT2D eigenvalue weighted by atomic mass is 35.5. The first-order chi connectivity index (χ1) is 7.25. The van der Waals surface area contributed by atoms with Crippen molar-refractivity contribution in [3.05, 3.63) is 53.2 Å². The smallest absolute Gasteiger partial charge is 0.145 e. The molecule has 0 bridgehead atoms. The molecule has 2 aromatic rings. The molecular formula is C11H8ClFO2. The van der Waals surface area contributed by atoms with Crippen molar-refractivity contribution in [3.63, 3.8) is 0 Å². The first-order valence-electron chi connectivity index (χ1n) is 4.34. The predicted octanol–water partition coefficient (Wildman–Crippen LogP) is 3.65. The lowest BCUT2D eigenvalue weighted by Gasteiger charge is -2.04. The fourth-order valence-corrected chi connectivity index (χ4v) is 1.23. The zero-order valence-corrected chi connectivity index (χ0v) is 8.50. The van der Waals surface area contributed by atoms with Gasteiger partial charge in [-0.3, -0.25) is 0 Å². The summed E-state index contributed by atoms with van der Waals surface area (Å²) in [4.78, 5) is 0. The second-order valence-corrected chi connectivity index (χ2v) is 3.40. The second-order valence-electron chi connectivity index (χ2n) is 3.00. The molecule has 0 saturated heterocycles. The van der Waals surface area contributed by atoms with Gasteiger partial charge in [0.2, 0.25) is 0 Å². The van der Waals surface area contributed by atoms with Crippen LogP contribution in [0.4, 0.5) is 4.39 Å². The zero-order chi connectivity index (χ0) is 10.7. The van der Waals surface area contributed by atoms with Crippen LogP contribution in [0, 0.1) is 5.82 Å². The van der Waals surface area contributed by atoms with E-state index in [0.717, 1.165) is 5.56 Å². The summed E-state index contributed by atoms with van der Waals surface area (Å²) in [5, 5.41) is 0.0886. The average molecular weight is 227 g/mol. The highest BCUT2D eigenvalue weighted by Crippen LogP contribution is 2.21. The van der Waals surface area contributed by atoms with E-state index in [4.69, 9.17) is 20.8 Å². The van der Waals surface area contributed by atoms with Crippen LogP contribution >= 0.6 is 11.6 Å². The molecule has 0 unspecified atom stereocenters. The molecule has 0 spiro atoms.